The summed E-state index contributed by atoms with van der Waals surface area (Å²) in [5.41, 5.74) is 2.00. The maximum atomic E-state index is 10.8. The molecule has 0 atom stereocenters. The highest BCUT2D eigenvalue weighted by molar-refractivity contribution is 5.88. The van der Waals surface area contributed by atoms with Crippen LogP contribution in [0, 0.1) is 6.92 Å². The van der Waals surface area contributed by atoms with Gasteiger partial charge in [-0.15, -0.1) is 0 Å². The van der Waals surface area contributed by atoms with Gasteiger partial charge in [0.2, 0.25) is 11.9 Å². The Bertz CT molecular complexity index is 522. The number of carbonyl (C=O) groups excluding carboxylic acids is 1. The topological polar surface area (TPSA) is 54.9 Å². The molecule has 76 valence electrons. The number of anilines is 1. The third kappa shape index (κ3) is 2.10. The fourth-order valence-electron chi connectivity index (χ4n) is 1.37. The fraction of sp³-hybridized carbons (Fsp3) is 0.182. The van der Waals surface area contributed by atoms with E-state index in [0.717, 1.165) is 10.9 Å². The number of hydrogen-bond acceptors (Lipinski definition) is 3. The number of nitrogens with one attached hydrogen (secondary N) is 1. The van der Waals surface area contributed by atoms with E-state index in [1.165, 1.54) is 12.5 Å². The monoisotopic (exact) mass is 201 g/mol. The van der Waals surface area contributed by atoms with E-state index in [1.54, 1.807) is 6.20 Å². The van der Waals surface area contributed by atoms with Gasteiger partial charge >= 0.3 is 0 Å². The van der Waals surface area contributed by atoms with Gasteiger partial charge in [-0.25, -0.2) is 9.97 Å². The molecule has 1 amide bonds. The molecule has 0 spiro atoms. The number of fused-ring (bicyclic) bond motifs is 1. The second kappa shape index (κ2) is 3.65. The molecule has 0 aliphatic rings. The summed E-state index contributed by atoms with van der Waals surface area (Å²) in [6, 6.07) is 5.90. The minimum absolute atomic E-state index is 0.165. The normalized spacial score (nSPS) is 10.3. The molecule has 4 heteroatoms. The summed E-state index contributed by atoms with van der Waals surface area (Å²) in [7, 11) is 0. The van der Waals surface area contributed by atoms with Crippen LogP contribution in [-0.4, -0.2) is 15.9 Å². The van der Waals surface area contributed by atoms with E-state index < -0.39 is 0 Å². The predicted octanol–water partition coefficient (Wildman–Crippen LogP) is 1.90. The van der Waals surface area contributed by atoms with E-state index in [9.17, 15) is 4.79 Å². The van der Waals surface area contributed by atoms with Crippen molar-refractivity contribution in [1.82, 2.24) is 9.97 Å². The number of benzene rings is 1. The lowest BCUT2D eigenvalue weighted by Crippen LogP contribution is -2.08. The fourth-order valence-corrected chi connectivity index (χ4v) is 1.37. The molecule has 2 aromatic rings. The van der Waals surface area contributed by atoms with Gasteiger partial charge in [0.15, 0.2) is 0 Å². The Balaban J connectivity index is 2.47. The molecular formula is C11H11N3O. The van der Waals surface area contributed by atoms with E-state index in [0.29, 0.717) is 5.95 Å². The van der Waals surface area contributed by atoms with Crippen molar-refractivity contribution in [2.75, 3.05) is 5.32 Å². The van der Waals surface area contributed by atoms with Gasteiger partial charge in [-0.3, -0.25) is 10.1 Å². The van der Waals surface area contributed by atoms with Crippen molar-refractivity contribution in [3.8, 4) is 0 Å². The SMILES string of the molecule is CC(=O)Nc1ncc2cc(C)ccc2n1. The number of nitrogens with zero attached hydrogens (tertiary/aromatic N) is 2. The van der Waals surface area contributed by atoms with Gasteiger partial charge in [-0.1, -0.05) is 11.6 Å². The molecule has 0 aliphatic heterocycles. The number of rotatable bonds is 1. The van der Waals surface area contributed by atoms with Crippen LogP contribution in [0.3, 0.4) is 0 Å². The van der Waals surface area contributed by atoms with Gasteiger partial charge in [-0.2, -0.15) is 0 Å². The molecule has 0 radical (unpaired) electrons. The lowest BCUT2D eigenvalue weighted by molar-refractivity contribution is -0.114. The maximum Gasteiger partial charge on any atom is 0.229 e. The second-order valence-electron chi connectivity index (χ2n) is 3.44. The Labute approximate surface area is 87.4 Å². The Hall–Kier alpha value is -1.97. The molecule has 1 aromatic heterocycles. The van der Waals surface area contributed by atoms with Crippen LogP contribution in [0.1, 0.15) is 12.5 Å². The molecule has 4 nitrogen and oxygen atoms in total. The smallest absolute Gasteiger partial charge is 0.229 e. The molecule has 15 heavy (non-hydrogen) atoms. The number of aromatic nitrogens is 2. The van der Waals surface area contributed by atoms with Crippen LogP contribution >= 0.6 is 0 Å². The van der Waals surface area contributed by atoms with Crippen molar-refractivity contribution >= 4 is 22.8 Å². The van der Waals surface area contributed by atoms with E-state index >= 15 is 0 Å². The Morgan fingerprint density at radius 2 is 2.20 bits per heavy atom. The summed E-state index contributed by atoms with van der Waals surface area (Å²) in [6.07, 6.45) is 1.71. The zero-order valence-corrected chi connectivity index (χ0v) is 8.61. The second-order valence-corrected chi connectivity index (χ2v) is 3.44. The predicted molar refractivity (Wildman–Crippen MR) is 58.6 cm³/mol. The average Bonchev–Trinajstić information content (AvgIpc) is 2.17. The van der Waals surface area contributed by atoms with E-state index in [4.69, 9.17) is 0 Å². The summed E-state index contributed by atoms with van der Waals surface area (Å²) >= 11 is 0. The van der Waals surface area contributed by atoms with Crippen LogP contribution in [0.25, 0.3) is 10.9 Å². The van der Waals surface area contributed by atoms with E-state index in [1.807, 2.05) is 25.1 Å². The highest BCUT2D eigenvalue weighted by Crippen LogP contribution is 2.14. The summed E-state index contributed by atoms with van der Waals surface area (Å²) in [6.45, 7) is 3.45. The van der Waals surface area contributed by atoms with Crippen LogP contribution in [0.15, 0.2) is 24.4 Å². The maximum absolute atomic E-state index is 10.8. The number of hydrogen-bond donors (Lipinski definition) is 1. The highest BCUT2D eigenvalue weighted by atomic mass is 16.1. The molecular weight excluding hydrogens is 190 g/mol. The first kappa shape index (κ1) is 9.58. The summed E-state index contributed by atoms with van der Waals surface area (Å²) < 4.78 is 0. The van der Waals surface area contributed by atoms with Gasteiger partial charge in [0.05, 0.1) is 5.52 Å². The van der Waals surface area contributed by atoms with Gasteiger partial charge < -0.3 is 0 Å². The summed E-state index contributed by atoms with van der Waals surface area (Å²) in [4.78, 5) is 19.1. The number of carbonyl (C=O) groups is 1. The molecule has 0 unspecified atom stereocenters. The molecule has 0 saturated heterocycles. The van der Waals surface area contributed by atoms with Crippen LogP contribution in [0.5, 0.6) is 0 Å². The lowest BCUT2D eigenvalue weighted by atomic mass is 10.2. The van der Waals surface area contributed by atoms with Gasteiger partial charge in [0.1, 0.15) is 0 Å². The molecule has 1 aromatic carbocycles. The van der Waals surface area contributed by atoms with Crippen LogP contribution in [-0.2, 0) is 4.79 Å². The Kier molecular flexibility index (Phi) is 2.33. The van der Waals surface area contributed by atoms with Crippen molar-refractivity contribution in [2.45, 2.75) is 13.8 Å². The number of aryl methyl sites for hydroxylation is 1. The average molecular weight is 201 g/mol. The standard InChI is InChI=1S/C11H11N3O/c1-7-3-4-10-9(5-7)6-12-11(14-10)13-8(2)15/h3-6H,1-2H3,(H,12,13,14,15). The number of amides is 1. The Morgan fingerprint density at radius 3 is 2.93 bits per heavy atom. The quantitative estimate of drug-likeness (QED) is 0.766. The van der Waals surface area contributed by atoms with Crippen molar-refractivity contribution < 1.29 is 4.79 Å². The minimum atomic E-state index is -0.165. The first-order chi connectivity index (χ1) is 7.15. The van der Waals surface area contributed by atoms with Crippen molar-refractivity contribution in [3.05, 3.63) is 30.0 Å². The van der Waals surface area contributed by atoms with E-state index in [2.05, 4.69) is 15.3 Å². The molecule has 1 heterocycles. The van der Waals surface area contributed by atoms with Crippen molar-refractivity contribution in [1.29, 1.82) is 0 Å². The van der Waals surface area contributed by atoms with Gasteiger partial charge in [0.25, 0.3) is 0 Å². The van der Waals surface area contributed by atoms with E-state index in [-0.39, 0.29) is 5.91 Å². The zero-order chi connectivity index (χ0) is 10.8. The molecule has 0 bridgehead atoms. The first-order valence-corrected chi connectivity index (χ1v) is 4.66. The molecule has 0 aliphatic carbocycles. The molecule has 1 N–H and O–H groups in total. The van der Waals surface area contributed by atoms with Crippen molar-refractivity contribution in [2.24, 2.45) is 0 Å². The third-order valence-corrected chi connectivity index (χ3v) is 2.02. The largest absolute Gasteiger partial charge is 0.295 e. The first-order valence-electron chi connectivity index (χ1n) is 4.66. The zero-order valence-electron chi connectivity index (χ0n) is 8.61. The lowest BCUT2D eigenvalue weighted by Gasteiger charge is -2.02. The third-order valence-electron chi connectivity index (χ3n) is 2.02. The minimum Gasteiger partial charge on any atom is -0.295 e. The molecule has 0 fully saturated rings. The summed E-state index contributed by atoms with van der Waals surface area (Å²) in [5, 5.41) is 3.53. The van der Waals surface area contributed by atoms with Gasteiger partial charge in [0, 0.05) is 18.5 Å². The summed E-state index contributed by atoms with van der Waals surface area (Å²) in [5.74, 6) is 0.181. The Morgan fingerprint density at radius 1 is 1.40 bits per heavy atom. The van der Waals surface area contributed by atoms with Crippen LogP contribution in [0.4, 0.5) is 5.95 Å². The van der Waals surface area contributed by atoms with Crippen LogP contribution in [0.2, 0.25) is 0 Å². The molecule has 2 rings (SSSR count). The van der Waals surface area contributed by atoms with Crippen LogP contribution < -0.4 is 5.32 Å². The molecule has 0 saturated carbocycles. The van der Waals surface area contributed by atoms with Crippen molar-refractivity contribution in [3.63, 3.8) is 0 Å². The highest BCUT2D eigenvalue weighted by Gasteiger charge is 2.01. The van der Waals surface area contributed by atoms with Gasteiger partial charge in [-0.05, 0) is 19.1 Å².